The minimum atomic E-state index is -4.43. The first-order valence-corrected chi connectivity index (χ1v) is 7.90. The molecule has 0 aliphatic carbocycles. The van der Waals surface area contributed by atoms with Gasteiger partial charge in [0.25, 0.3) is 5.91 Å². The summed E-state index contributed by atoms with van der Waals surface area (Å²) in [6.07, 6.45) is -4.64. The molecule has 4 nitrogen and oxygen atoms in total. The van der Waals surface area contributed by atoms with Crippen molar-refractivity contribution in [3.8, 4) is 0 Å². The standard InChI is InChI=1S/C17H13BrF3NO3/c18-13-5-7-14(8-6-13)22-15(23)10-25-16(24)9-11-1-3-12(4-2-11)17(19,20)21/h1-8H,9-10H2,(H,22,23). The molecule has 2 aromatic carbocycles. The zero-order chi connectivity index (χ0) is 18.4. The van der Waals surface area contributed by atoms with E-state index in [1.54, 1.807) is 24.3 Å². The van der Waals surface area contributed by atoms with E-state index in [0.717, 1.165) is 16.6 Å². The molecule has 1 amide bonds. The lowest BCUT2D eigenvalue weighted by molar-refractivity contribution is -0.146. The van der Waals surface area contributed by atoms with Crippen LogP contribution in [0.4, 0.5) is 18.9 Å². The van der Waals surface area contributed by atoms with Gasteiger partial charge < -0.3 is 10.1 Å². The normalized spacial score (nSPS) is 11.0. The summed E-state index contributed by atoms with van der Waals surface area (Å²) in [4.78, 5) is 23.3. The van der Waals surface area contributed by atoms with Crippen molar-refractivity contribution in [1.82, 2.24) is 0 Å². The minimum Gasteiger partial charge on any atom is -0.455 e. The van der Waals surface area contributed by atoms with E-state index < -0.39 is 30.2 Å². The Morgan fingerprint density at radius 2 is 1.60 bits per heavy atom. The molecule has 0 aromatic heterocycles. The van der Waals surface area contributed by atoms with Gasteiger partial charge >= 0.3 is 12.1 Å². The highest BCUT2D eigenvalue weighted by Crippen LogP contribution is 2.29. The molecule has 0 saturated carbocycles. The van der Waals surface area contributed by atoms with Crippen molar-refractivity contribution in [1.29, 1.82) is 0 Å². The lowest BCUT2D eigenvalue weighted by atomic mass is 10.1. The number of alkyl halides is 3. The summed E-state index contributed by atoms with van der Waals surface area (Å²) in [6.45, 7) is -0.477. The number of rotatable bonds is 5. The van der Waals surface area contributed by atoms with Crippen molar-refractivity contribution in [2.45, 2.75) is 12.6 Å². The van der Waals surface area contributed by atoms with Crippen LogP contribution in [0.25, 0.3) is 0 Å². The zero-order valence-corrected chi connectivity index (χ0v) is 14.4. The van der Waals surface area contributed by atoms with E-state index in [2.05, 4.69) is 21.2 Å². The molecule has 0 atom stereocenters. The molecule has 0 saturated heterocycles. The van der Waals surface area contributed by atoms with E-state index >= 15 is 0 Å². The molecule has 0 bridgehead atoms. The maximum Gasteiger partial charge on any atom is 0.416 e. The smallest absolute Gasteiger partial charge is 0.416 e. The first-order valence-electron chi connectivity index (χ1n) is 7.11. The third kappa shape index (κ3) is 6.22. The van der Waals surface area contributed by atoms with Crippen LogP contribution in [0.1, 0.15) is 11.1 Å². The van der Waals surface area contributed by atoms with Crippen molar-refractivity contribution < 1.29 is 27.5 Å². The van der Waals surface area contributed by atoms with Gasteiger partial charge in [-0.15, -0.1) is 0 Å². The molecule has 0 heterocycles. The van der Waals surface area contributed by atoms with Gasteiger partial charge in [-0.05, 0) is 42.0 Å². The lowest BCUT2D eigenvalue weighted by Gasteiger charge is -2.08. The molecule has 8 heteroatoms. The maximum atomic E-state index is 12.5. The number of nitrogens with one attached hydrogen (secondary N) is 1. The van der Waals surface area contributed by atoms with Gasteiger partial charge in [0, 0.05) is 10.2 Å². The second-order valence-corrected chi connectivity index (χ2v) is 6.00. The first kappa shape index (κ1) is 19.0. The number of halogens is 4. The second-order valence-electron chi connectivity index (χ2n) is 5.09. The third-order valence-electron chi connectivity index (χ3n) is 3.12. The van der Waals surface area contributed by atoms with Crippen LogP contribution in [0.3, 0.4) is 0 Å². The SMILES string of the molecule is O=C(COC(=O)Cc1ccc(C(F)(F)F)cc1)Nc1ccc(Br)cc1. The van der Waals surface area contributed by atoms with Crippen LogP contribution < -0.4 is 5.32 Å². The van der Waals surface area contributed by atoms with Gasteiger partial charge in [0.05, 0.1) is 12.0 Å². The maximum absolute atomic E-state index is 12.5. The molecule has 0 spiro atoms. The summed E-state index contributed by atoms with van der Waals surface area (Å²) in [6, 6.07) is 11.0. The molecule has 0 aliphatic heterocycles. The van der Waals surface area contributed by atoms with Crippen LogP contribution in [0.2, 0.25) is 0 Å². The number of hydrogen-bond donors (Lipinski definition) is 1. The zero-order valence-electron chi connectivity index (χ0n) is 12.8. The molecule has 0 fully saturated rings. The molecule has 132 valence electrons. The van der Waals surface area contributed by atoms with Gasteiger partial charge in [-0.25, -0.2) is 0 Å². The number of hydrogen-bond acceptors (Lipinski definition) is 3. The van der Waals surface area contributed by atoms with Gasteiger partial charge in [0.1, 0.15) is 0 Å². The van der Waals surface area contributed by atoms with Crippen molar-refractivity contribution >= 4 is 33.5 Å². The Hall–Kier alpha value is -2.35. The average molecular weight is 416 g/mol. The van der Waals surface area contributed by atoms with Crippen molar-refractivity contribution in [2.75, 3.05) is 11.9 Å². The van der Waals surface area contributed by atoms with E-state index in [1.165, 1.54) is 12.1 Å². The molecular formula is C17H13BrF3NO3. The fraction of sp³-hybridized carbons (Fsp3) is 0.176. The van der Waals surface area contributed by atoms with E-state index in [1.807, 2.05) is 0 Å². The molecule has 25 heavy (non-hydrogen) atoms. The van der Waals surface area contributed by atoms with E-state index in [9.17, 15) is 22.8 Å². The second kappa shape index (κ2) is 8.15. The Morgan fingerprint density at radius 1 is 1.00 bits per heavy atom. The minimum absolute atomic E-state index is 0.219. The Bertz CT molecular complexity index is 743. The van der Waals surface area contributed by atoms with Gasteiger partial charge in [-0.1, -0.05) is 28.1 Å². The molecule has 0 aliphatic rings. The molecule has 2 rings (SSSR count). The number of anilines is 1. The van der Waals surface area contributed by atoms with Gasteiger partial charge in [-0.2, -0.15) is 13.2 Å². The topological polar surface area (TPSA) is 55.4 Å². The van der Waals surface area contributed by atoms with Crippen molar-refractivity contribution in [2.24, 2.45) is 0 Å². The predicted molar refractivity (Wildman–Crippen MR) is 88.9 cm³/mol. The van der Waals surface area contributed by atoms with Gasteiger partial charge in [0.2, 0.25) is 0 Å². The predicted octanol–water partition coefficient (Wildman–Crippen LogP) is 4.19. The Labute approximate surface area is 150 Å². The first-order chi connectivity index (χ1) is 11.7. The van der Waals surface area contributed by atoms with Crippen LogP contribution in [0.15, 0.2) is 53.0 Å². The van der Waals surface area contributed by atoms with E-state index in [-0.39, 0.29) is 6.42 Å². The highest BCUT2D eigenvalue weighted by molar-refractivity contribution is 9.10. The van der Waals surface area contributed by atoms with E-state index in [0.29, 0.717) is 11.3 Å². The number of amides is 1. The van der Waals surface area contributed by atoms with E-state index in [4.69, 9.17) is 4.74 Å². The quantitative estimate of drug-likeness (QED) is 0.744. The summed E-state index contributed by atoms with van der Waals surface area (Å²) in [5.41, 5.74) is 0.122. The number of ether oxygens (including phenoxy) is 1. The molecule has 0 unspecified atom stereocenters. The lowest BCUT2D eigenvalue weighted by Crippen LogP contribution is -2.21. The molecular weight excluding hydrogens is 403 g/mol. The fourth-order valence-electron chi connectivity index (χ4n) is 1.91. The number of carbonyl (C=O) groups is 2. The largest absolute Gasteiger partial charge is 0.455 e. The Kier molecular flexibility index (Phi) is 6.19. The Balaban J connectivity index is 1.80. The summed E-state index contributed by atoms with van der Waals surface area (Å²) >= 11 is 3.26. The van der Waals surface area contributed by atoms with Crippen LogP contribution in [0, 0.1) is 0 Å². The highest BCUT2D eigenvalue weighted by Gasteiger charge is 2.30. The van der Waals surface area contributed by atoms with Gasteiger partial charge in [0.15, 0.2) is 6.61 Å². The molecule has 2 aromatic rings. The van der Waals surface area contributed by atoms with Crippen LogP contribution >= 0.6 is 15.9 Å². The molecule has 1 N–H and O–H groups in total. The molecule has 0 radical (unpaired) electrons. The third-order valence-corrected chi connectivity index (χ3v) is 3.65. The van der Waals surface area contributed by atoms with Crippen molar-refractivity contribution in [3.05, 3.63) is 64.1 Å². The number of carbonyl (C=O) groups excluding carboxylic acids is 2. The van der Waals surface area contributed by atoms with Gasteiger partial charge in [-0.3, -0.25) is 9.59 Å². The van der Waals surface area contributed by atoms with Crippen LogP contribution in [0.5, 0.6) is 0 Å². The van der Waals surface area contributed by atoms with Crippen LogP contribution in [-0.4, -0.2) is 18.5 Å². The number of benzene rings is 2. The Morgan fingerprint density at radius 3 is 2.16 bits per heavy atom. The average Bonchev–Trinajstić information content (AvgIpc) is 2.55. The van der Waals surface area contributed by atoms with Crippen LogP contribution in [-0.2, 0) is 26.9 Å². The number of esters is 1. The highest BCUT2D eigenvalue weighted by atomic mass is 79.9. The summed E-state index contributed by atoms with van der Waals surface area (Å²) in [5.74, 6) is -1.21. The summed E-state index contributed by atoms with van der Waals surface area (Å²) in [5, 5.41) is 2.55. The van der Waals surface area contributed by atoms with Crippen molar-refractivity contribution in [3.63, 3.8) is 0 Å². The fourth-order valence-corrected chi connectivity index (χ4v) is 2.17. The summed E-state index contributed by atoms with van der Waals surface area (Å²) in [7, 11) is 0. The monoisotopic (exact) mass is 415 g/mol. The summed E-state index contributed by atoms with van der Waals surface area (Å²) < 4.78 is 43.0.